The molecule has 86 valence electrons. The van der Waals surface area contributed by atoms with Gasteiger partial charge in [0.1, 0.15) is 6.29 Å². The molecule has 1 aliphatic rings. The van der Waals surface area contributed by atoms with Crippen molar-refractivity contribution in [1.29, 1.82) is 0 Å². The van der Waals surface area contributed by atoms with Crippen molar-refractivity contribution in [3.63, 3.8) is 0 Å². The normalized spacial score (nSPS) is 13.8. The fraction of sp³-hybridized carbons (Fsp3) is 0.231. The number of hydrogen-bond acceptors (Lipinski definition) is 2. The summed E-state index contributed by atoms with van der Waals surface area (Å²) in [5, 5.41) is 3.95. The Bertz CT molecular complexity index is 640. The van der Waals surface area contributed by atoms with Crippen molar-refractivity contribution >= 4 is 28.8 Å². The maximum atomic E-state index is 11.6. The maximum Gasteiger partial charge on any atom is 0.228 e. The van der Waals surface area contributed by atoms with Crippen LogP contribution in [0.15, 0.2) is 18.3 Å². The first kappa shape index (κ1) is 10.1. The number of nitrogens with one attached hydrogen (secondary N) is 1. The Kier molecular flexibility index (Phi) is 2.04. The number of benzene rings is 1. The summed E-state index contributed by atoms with van der Waals surface area (Å²) in [5.74, 6) is 0.00764. The molecule has 0 saturated heterocycles. The third kappa shape index (κ3) is 1.45. The molecule has 1 aromatic heterocycles. The second-order valence-electron chi connectivity index (χ2n) is 4.40. The molecule has 0 unspecified atom stereocenters. The number of rotatable bonds is 2. The van der Waals surface area contributed by atoms with Gasteiger partial charge in [-0.15, -0.1) is 0 Å². The van der Waals surface area contributed by atoms with E-state index < -0.39 is 0 Å². The van der Waals surface area contributed by atoms with Crippen LogP contribution >= 0.6 is 0 Å². The van der Waals surface area contributed by atoms with Gasteiger partial charge >= 0.3 is 0 Å². The fourth-order valence-corrected chi connectivity index (χ4v) is 2.48. The van der Waals surface area contributed by atoms with Gasteiger partial charge in [0.05, 0.1) is 24.2 Å². The summed E-state index contributed by atoms with van der Waals surface area (Å²) in [7, 11) is 0. The topological polar surface area (TPSA) is 51.1 Å². The molecule has 0 bridgehead atoms. The standard InChI is InChI=1S/C13H12N2O2/c1-8-4-10-13-9(6-12(17)14-10)7-15(2-3-16)11(13)5-8/h3-5,7H,2,6H2,1H3,(H,14,17). The highest BCUT2D eigenvalue weighted by Crippen LogP contribution is 2.33. The fourth-order valence-electron chi connectivity index (χ4n) is 2.48. The number of aromatic nitrogens is 1. The van der Waals surface area contributed by atoms with Crippen molar-refractivity contribution in [2.45, 2.75) is 19.9 Å². The smallest absolute Gasteiger partial charge is 0.228 e. The molecule has 2 aromatic rings. The number of nitrogens with zero attached hydrogens (tertiary/aromatic N) is 1. The van der Waals surface area contributed by atoms with Crippen LogP contribution in [0.4, 0.5) is 5.69 Å². The number of anilines is 1. The highest BCUT2D eigenvalue weighted by molar-refractivity contribution is 6.09. The largest absolute Gasteiger partial charge is 0.340 e. The van der Waals surface area contributed by atoms with E-state index in [1.807, 2.05) is 29.8 Å². The van der Waals surface area contributed by atoms with Crippen molar-refractivity contribution in [3.05, 3.63) is 29.5 Å². The first-order chi connectivity index (χ1) is 8.19. The SMILES string of the molecule is Cc1cc2c3c(cn(CC=O)c3c1)CC(=O)N2. The number of amides is 1. The summed E-state index contributed by atoms with van der Waals surface area (Å²) in [4.78, 5) is 22.2. The minimum absolute atomic E-state index is 0.00764. The van der Waals surface area contributed by atoms with Gasteiger partial charge in [0, 0.05) is 11.6 Å². The van der Waals surface area contributed by atoms with E-state index in [0.717, 1.165) is 34.0 Å². The minimum Gasteiger partial charge on any atom is -0.340 e. The molecular formula is C13H12N2O2. The van der Waals surface area contributed by atoms with Crippen molar-refractivity contribution in [2.24, 2.45) is 0 Å². The van der Waals surface area contributed by atoms with Crippen LogP contribution in [0, 0.1) is 6.92 Å². The second-order valence-corrected chi connectivity index (χ2v) is 4.40. The molecule has 1 amide bonds. The van der Waals surface area contributed by atoms with E-state index in [1.165, 1.54) is 0 Å². The van der Waals surface area contributed by atoms with Gasteiger partial charge in [0.2, 0.25) is 5.91 Å². The average molecular weight is 228 g/mol. The summed E-state index contributed by atoms with van der Waals surface area (Å²) >= 11 is 0. The molecule has 0 spiro atoms. The van der Waals surface area contributed by atoms with E-state index in [1.54, 1.807) is 0 Å². The van der Waals surface area contributed by atoms with Gasteiger partial charge in [-0.2, -0.15) is 0 Å². The molecule has 0 aliphatic carbocycles. The summed E-state index contributed by atoms with van der Waals surface area (Å²) in [6.45, 7) is 2.31. The van der Waals surface area contributed by atoms with Crippen LogP contribution in [0.25, 0.3) is 10.9 Å². The molecule has 1 aliphatic heterocycles. The van der Waals surface area contributed by atoms with Gasteiger partial charge in [-0.05, 0) is 30.2 Å². The monoisotopic (exact) mass is 228 g/mol. The lowest BCUT2D eigenvalue weighted by Crippen LogP contribution is -2.18. The maximum absolute atomic E-state index is 11.6. The molecule has 1 aromatic carbocycles. The summed E-state index contributed by atoms with van der Waals surface area (Å²) in [6.07, 6.45) is 3.16. The van der Waals surface area contributed by atoms with Crippen molar-refractivity contribution in [3.8, 4) is 0 Å². The molecule has 4 heteroatoms. The quantitative estimate of drug-likeness (QED) is 0.794. The summed E-state index contributed by atoms with van der Waals surface area (Å²) < 4.78 is 1.90. The van der Waals surface area contributed by atoms with Crippen molar-refractivity contribution in [2.75, 3.05) is 5.32 Å². The number of hydrogen-bond donors (Lipinski definition) is 1. The molecule has 4 nitrogen and oxygen atoms in total. The Morgan fingerprint density at radius 3 is 3.06 bits per heavy atom. The zero-order valence-electron chi connectivity index (χ0n) is 9.49. The highest BCUT2D eigenvalue weighted by atomic mass is 16.1. The van der Waals surface area contributed by atoms with Crippen LogP contribution in [0.2, 0.25) is 0 Å². The van der Waals surface area contributed by atoms with E-state index in [0.29, 0.717) is 13.0 Å². The van der Waals surface area contributed by atoms with Gasteiger partial charge in [-0.25, -0.2) is 0 Å². The van der Waals surface area contributed by atoms with E-state index in [-0.39, 0.29) is 5.91 Å². The van der Waals surface area contributed by atoms with Crippen LogP contribution in [0.3, 0.4) is 0 Å². The Balaban J connectivity index is 2.35. The lowest BCUT2D eigenvalue weighted by atomic mass is 10.0. The summed E-state index contributed by atoms with van der Waals surface area (Å²) in [5.41, 5.74) is 3.95. The Labute approximate surface area is 98.2 Å². The molecule has 0 saturated carbocycles. The van der Waals surface area contributed by atoms with Crippen molar-refractivity contribution < 1.29 is 9.59 Å². The molecule has 0 atom stereocenters. The Morgan fingerprint density at radius 2 is 2.29 bits per heavy atom. The number of carbonyl (C=O) groups excluding carboxylic acids is 2. The Hall–Kier alpha value is -2.10. The van der Waals surface area contributed by atoms with Gasteiger partial charge in [-0.3, -0.25) is 4.79 Å². The van der Waals surface area contributed by atoms with Gasteiger partial charge in [-0.1, -0.05) is 0 Å². The number of carbonyl (C=O) groups is 2. The molecule has 2 heterocycles. The van der Waals surface area contributed by atoms with Crippen LogP contribution < -0.4 is 5.32 Å². The highest BCUT2D eigenvalue weighted by Gasteiger charge is 2.21. The first-order valence-electron chi connectivity index (χ1n) is 5.55. The second kappa shape index (κ2) is 3.45. The number of aldehydes is 1. The predicted molar refractivity (Wildman–Crippen MR) is 65.1 cm³/mol. The molecule has 17 heavy (non-hydrogen) atoms. The Morgan fingerprint density at radius 1 is 1.47 bits per heavy atom. The van der Waals surface area contributed by atoms with Gasteiger partial charge in [0.15, 0.2) is 0 Å². The van der Waals surface area contributed by atoms with E-state index >= 15 is 0 Å². The van der Waals surface area contributed by atoms with Gasteiger partial charge < -0.3 is 14.7 Å². The third-order valence-corrected chi connectivity index (χ3v) is 3.10. The van der Waals surface area contributed by atoms with Crippen molar-refractivity contribution in [1.82, 2.24) is 4.57 Å². The average Bonchev–Trinajstić information content (AvgIpc) is 2.57. The van der Waals surface area contributed by atoms with E-state index in [9.17, 15) is 9.59 Å². The molecule has 1 N–H and O–H groups in total. The molecular weight excluding hydrogens is 216 g/mol. The lowest BCUT2D eigenvalue weighted by Gasteiger charge is -2.14. The molecule has 0 fully saturated rings. The predicted octanol–water partition coefficient (Wildman–Crippen LogP) is 1.64. The van der Waals surface area contributed by atoms with Crippen LogP contribution in [-0.4, -0.2) is 16.8 Å². The van der Waals surface area contributed by atoms with Crippen LogP contribution in [0.5, 0.6) is 0 Å². The van der Waals surface area contributed by atoms with Crippen LogP contribution in [0.1, 0.15) is 11.1 Å². The third-order valence-electron chi connectivity index (χ3n) is 3.10. The minimum atomic E-state index is 0.00764. The van der Waals surface area contributed by atoms with E-state index in [4.69, 9.17) is 0 Å². The molecule has 0 radical (unpaired) electrons. The number of aryl methyl sites for hydroxylation is 1. The van der Waals surface area contributed by atoms with E-state index in [2.05, 4.69) is 5.32 Å². The van der Waals surface area contributed by atoms with Gasteiger partial charge in [0.25, 0.3) is 0 Å². The lowest BCUT2D eigenvalue weighted by molar-refractivity contribution is -0.115. The first-order valence-corrected chi connectivity index (χ1v) is 5.55. The van der Waals surface area contributed by atoms with Crippen LogP contribution in [-0.2, 0) is 22.6 Å². The zero-order chi connectivity index (χ0) is 12.0. The molecule has 3 rings (SSSR count). The zero-order valence-corrected chi connectivity index (χ0v) is 9.49. The summed E-state index contributed by atoms with van der Waals surface area (Å²) in [6, 6.07) is 4.01.